The highest BCUT2D eigenvalue weighted by Crippen LogP contribution is 2.40. The molecule has 0 amide bonds. The summed E-state index contributed by atoms with van der Waals surface area (Å²) in [6.45, 7) is 0.644. The summed E-state index contributed by atoms with van der Waals surface area (Å²) in [6.07, 6.45) is -1.49. The molecule has 2 aliphatic heterocycles. The maximum absolute atomic E-state index is 15.7. The molecule has 4 aromatic carbocycles. The standard InChI is InChI=1S/C42H38F7N5O4/c1-22-26(8-5-10-28(22)38-52-37-32(54(38)21-42(47,48)49)17-24(35(43)36(37)44)19-53-14-3-4-15-53)27-9-6-11-29(23(27)2)39-51-31-16-25(20-56-40(55)30-12-7-13-50-30)33(58-41(45)46)18-34(31)57-39/h5-6,8-11,16-18,30,41,50H,3-4,7,12-15,19-21H2,1-2H3/t30-/m0/s1. The molecule has 2 fully saturated rings. The molecular formula is C42H38F7N5O4. The topological polar surface area (TPSA) is 94.7 Å². The number of benzene rings is 4. The van der Waals surface area contributed by atoms with Crippen LogP contribution in [0.2, 0.25) is 0 Å². The molecule has 2 aliphatic rings. The molecule has 2 saturated heterocycles. The minimum absolute atomic E-state index is 0.0341. The van der Waals surface area contributed by atoms with E-state index in [9.17, 15) is 26.7 Å². The second-order valence-electron chi connectivity index (χ2n) is 14.7. The lowest BCUT2D eigenvalue weighted by molar-refractivity contribution is -0.147. The van der Waals surface area contributed by atoms with E-state index in [-0.39, 0.29) is 58.4 Å². The fourth-order valence-corrected chi connectivity index (χ4v) is 7.98. The number of carbonyl (C=O) groups is 1. The Labute approximate surface area is 327 Å². The SMILES string of the molecule is Cc1c(-c2nc3cc(COC(=O)[C@@H]4CCCN4)c(OC(F)F)cc3o2)cccc1-c1cccc(-c2nc3c(F)c(F)c(CN4CCCC4)cc3n2CC(F)(F)F)c1C. The zero-order valence-corrected chi connectivity index (χ0v) is 31.5. The van der Waals surface area contributed by atoms with Crippen molar-refractivity contribution in [2.24, 2.45) is 0 Å². The van der Waals surface area contributed by atoms with Gasteiger partial charge in [0.2, 0.25) is 5.89 Å². The Hall–Kier alpha value is -5.48. The number of hydrogen-bond acceptors (Lipinski definition) is 8. The number of aromatic nitrogens is 3. The molecule has 58 heavy (non-hydrogen) atoms. The number of nitrogens with zero attached hydrogens (tertiary/aromatic N) is 4. The van der Waals surface area contributed by atoms with Crippen molar-refractivity contribution in [3.8, 4) is 39.7 Å². The fourth-order valence-electron chi connectivity index (χ4n) is 7.98. The van der Waals surface area contributed by atoms with E-state index in [2.05, 4.69) is 15.3 Å². The van der Waals surface area contributed by atoms with Crippen molar-refractivity contribution >= 4 is 28.1 Å². The summed E-state index contributed by atoms with van der Waals surface area (Å²) in [7, 11) is 0. The normalized spacial score (nSPS) is 16.3. The number of likely N-dealkylation sites (tertiary alicyclic amines) is 1. The lowest BCUT2D eigenvalue weighted by atomic mass is 9.91. The van der Waals surface area contributed by atoms with Crippen LogP contribution >= 0.6 is 0 Å². The Morgan fingerprint density at radius 2 is 1.60 bits per heavy atom. The minimum atomic E-state index is -4.71. The number of rotatable bonds is 11. The van der Waals surface area contributed by atoms with Gasteiger partial charge >= 0.3 is 18.8 Å². The van der Waals surface area contributed by atoms with Gasteiger partial charge in [0.15, 0.2) is 17.2 Å². The lowest BCUT2D eigenvalue weighted by Gasteiger charge is -2.18. The predicted octanol–water partition coefficient (Wildman–Crippen LogP) is 9.63. The van der Waals surface area contributed by atoms with Crippen molar-refractivity contribution in [1.82, 2.24) is 24.8 Å². The molecule has 0 bridgehead atoms. The molecule has 0 radical (unpaired) electrons. The summed E-state index contributed by atoms with van der Waals surface area (Å²) < 4.78 is 117. The average molecular weight is 810 g/mol. The van der Waals surface area contributed by atoms with Crippen molar-refractivity contribution < 1.29 is 49.4 Å². The number of halogens is 7. The third kappa shape index (κ3) is 7.74. The van der Waals surface area contributed by atoms with Crippen molar-refractivity contribution in [3.63, 3.8) is 0 Å². The first-order chi connectivity index (χ1) is 27.8. The van der Waals surface area contributed by atoms with Crippen LogP contribution in [0.5, 0.6) is 5.75 Å². The number of esters is 1. The van der Waals surface area contributed by atoms with Gasteiger partial charge in [0, 0.05) is 34.9 Å². The molecule has 4 heterocycles. The van der Waals surface area contributed by atoms with Gasteiger partial charge in [-0.25, -0.2) is 18.7 Å². The molecule has 9 nitrogen and oxygen atoms in total. The van der Waals surface area contributed by atoms with Gasteiger partial charge in [-0.15, -0.1) is 0 Å². The highest BCUT2D eigenvalue weighted by molar-refractivity contribution is 5.87. The minimum Gasteiger partial charge on any atom is -0.460 e. The Kier molecular flexibility index (Phi) is 10.7. The van der Waals surface area contributed by atoms with Gasteiger partial charge in [-0.3, -0.25) is 9.69 Å². The van der Waals surface area contributed by atoms with Crippen LogP contribution in [0.25, 0.3) is 56.1 Å². The highest BCUT2D eigenvalue weighted by atomic mass is 19.4. The predicted molar refractivity (Wildman–Crippen MR) is 201 cm³/mol. The Morgan fingerprint density at radius 3 is 2.28 bits per heavy atom. The summed E-state index contributed by atoms with van der Waals surface area (Å²) in [5, 5.41) is 3.03. The third-order valence-electron chi connectivity index (χ3n) is 10.9. The van der Waals surface area contributed by atoms with E-state index in [1.54, 1.807) is 44.2 Å². The van der Waals surface area contributed by atoms with Crippen LogP contribution < -0.4 is 10.1 Å². The number of oxazole rings is 1. The summed E-state index contributed by atoms with van der Waals surface area (Å²) >= 11 is 0. The van der Waals surface area contributed by atoms with Gasteiger partial charge in [0.1, 0.15) is 41.8 Å². The number of alkyl halides is 5. The Morgan fingerprint density at radius 1 is 0.914 bits per heavy atom. The molecule has 0 saturated carbocycles. The first kappa shape index (κ1) is 39.4. The second-order valence-corrected chi connectivity index (χ2v) is 14.7. The summed E-state index contributed by atoms with van der Waals surface area (Å²) in [5.41, 5.74) is 3.20. The molecule has 0 aliphatic carbocycles. The van der Waals surface area contributed by atoms with Crippen molar-refractivity contribution in [2.45, 2.75) is 78.1 Å². The number of nitrogens with one attached hydrogen (secondary N) is 1. The maximum atomic E-state index is 15.7. The quantitative estimate of drug-likeness (QED) is 0.102. The molecular weight excluding hydrogens is 771 g/mol. The number of ether oxygens (including phenoxy) is 2. The molecule has 1 N–H and O–H groups in total. The van der Waals surface area contributed by atoms with Gasteiger partial charge in [-0.05, 0) is 99.6 Å². The van der Waals surface area contributed by atoms with Crippen molar-refractivity contribution in [3.05, 3.63) is 88.5 Å². The van der Waals surface area contributed by atoms with E-state index in [0.29, 0.717) is 59.4 Å². The van der Waals surface area contributed by atoms with Crippen LogP contribution in [-0.2, 0) is 29.2 Å². The van der Waals surface area contributed by atoms with Gasteiger partial charge < -0.3 is 23.8 Å². The molecule has 2 aromatic heterocycles. The summed E-state index contributed by atoms with van der Waals surface area (Å²) in [4.78, 5) is 23.4. The Bertz CT molecular complexity index is 2520. The van der Waals surface area contributed by atoms with Crippen LogP contribution in [0.3, 0.4) is 0 Å². The smallest absolute Gasteiger partial charge is 0.406 e. The molecule has 304 valence electrons. The first-order valence-corrected chi connectivity index (χ1v) is 18.9. The second kappa shape index (κ2) is 15.7. The Balaban J connectivity index is 1.17. The van der Waals surface area contributed by atoms with E-state index in [1.807, 2.05) is 11.0 Å². The monoisotopic (exact) mass is 809 g/mol. The van der Waals surface area contributed by atoms with E-state index < -0.39 is 48.5 Å². The first-order valence-electron chi connectivity index (χ1n) is 18.9. The van der Waals surface area contributed by atoms with E-state index in [0.717, 1.165) is 23.8 Å². The van der Waals surface area contributed by atoms with Crippen LogP contribution in [0.1, 0.15) is 47.9 Å². The van der Waals surface area contributed by atoms with Crippen LogP contribution in [0.4, 0.5) is 30.7 Å². The van der Waals surface area contributed by atoms with E-state index in [1.165, 1.54) is 18.2 Å². The lowest BCUT2D eigenvalue weighted by Crippen LogP contribution is -2.32. The number of carbonyl (C=O) groups excluding carboxylic acids is 1. The summed E-state index contributed by atoms with van der Waals surface area (Å²) in [5.74, 6) is -3.20. The van der Waals surface area contributed by atoms with E-state index in [4.69, 9.17) is 13.9 Å². The third-order valence-corrected chi connectivity index (χ3v) is 10.9. The molecule has 16 heteroatoms. The number of fused-ring (bicyclic) bond motifs is 2. The van der Waals surface area contributed by atoms with Gasteiger partial charge in [-0.2, -0.15) is 22.0 Å². The molecule has 1 atom stereocenters. The number of hydrogen-bond donors (Lipinski definition) is 1. The summed E-state index contributed by atoms with van der Waals surface area (Å²) in [6, 6.07) is 13.8. The maximum Gasteiger partial charge on any atom is 0.406 e. The fraction of sp³-hybridized carbons (Fsp3) is 0.357. The van der Waals surface area contributed by atoms with Crippen molar-refractivity contribution in [2.75, 3.05) is 19.6 Å². The molecule has 0 unspecified atom stereocenters. The molecule has 6 aromatic rings. The average Bonchev–Trinajstić information content (AvgIpc) is 4.01. The van der Waals surface area contributed by atoms with Gasteiger partial charge in [0.05, 0.1) is 5.52 Å². The zero-order chi connectivity index (χ0) is 40.9. The van der Waals surface area contributed by atoms with Gasteiger partial charge in [-0.1, -0.05) is 30.3 Å². The molecule has 0 spiro atoms. The van der Waals surface area contributed by atoms with Crippen LogP contribution in [0.15, 0.2) is 59.0 Å². The van der Waals surface area contributed by atoms with Gasteiger partial charge in [0.25, 0.3) is 0 Å². The van der Waals surface area contributed by atoms with Crippen LogP contribution in [-0.4, -0.2) is 63.9 Å². The molecule has 8 rings (SSSR count). The van der Waals surface area contributed by atoms with Crippen molar-refractivity contribution in [1.29, 1.82) is 0 Å². The van der Waals surface area contributed by atoms with Crippen LogP contribution in [0, 0.1) is 25.5 Å². The van der Waals surface area contributed by atoms with E-state index >= 15 is 8.78 Å². The number of imidazole rings is 1. The largest absolute Gasteiger partial charge is 0.460 e. The highest BCUT2D eigenvalue weighted by Gasteiger charge is 2.33. The zero-order valence-electron chi connectivity index (χ0n) is 31.5.